The molecule has 0 aliphatic rings. The summed E-state index contributed by atoms with van der Waals surface area (Å²) in [5.74, 6) is 0. The summed E-state index contributed by atoms with van der Waals surface area (Å²) in [5.41, 5.74) is 0. The first-order valence-electron chi connectivity index (χ1n) is 3.45. The van der Waals surface area contributed by atoms with Gasteiger partial charge < -0.3 is 0 Å². The molecule has 0 atom stereocenters. The summed E-state index contributed by atoms with van der Waals surface area (Å²) < 4.78 is 0.748. The van der Waals surface area contributed by atoms with Gasteiger partial charge in [-0.2, -0.15) is 0 Å². The van der Waals surface area contributed by atoms with Gasteiger partial charge in [0.1, 0.15) is 0 Å². The third kappa shape index (κ3) is 9.04. The normalized spacial score (nSPS) is 10.7. The van der Waals surface area contributed by atoms with Crippen LogP contribution in [0.5, 0.6) is 0 Å². The standard InChI is InChI=1S/C7H15Se2/c1-2-3-4-5-6-7(8)9/h4,7-9H,2-3,5-6H2,1H3. The zero-order valence-corrected chi connectivity index (χ0v) is 9.63. The minimum atomic E-state index is 0.748. The topological polar surface area (TPSA) is 0 Å². The second kappa shape index (κ2) is 7.15. The third-order valence-electron chi connectivity index (χ3n) is 1.12. The van der Waals surface area contributed by atoms with Crippen molar-refractivity contribution in [3.05, 3.63) is 6.42 Å². The predicted octanol–water partition coefficient (Wildman–Crippen LogP) is 1.32. The van der Waals surface area contributed by atoms with Crippen LogP contribution in [-0.4, -0.2) is 32.0 Å². The molecule has 0 aliphatic carbocycles. The summed E-state index contributed by atoms with van der Waals surface area (Å²) in [6.07, 6.45) is 7.55. The van der Waals surface area contributed by atoms with E-state index in [9.17, 15) is 0 Å². The number of unbranched alkanes of at least 4 members (excludes halogenated alkanes) is 3. The van der Waals surface area contributed by atoms with Crippen molar-refractivity contribution in [2.45, 2.75) is 36.3 Å². The summed E-state index contributed by atoms with van der Waals surface area (Å²) in [6.45, 7) is 2.22. The molecule has 0 aromatic heterocycles. The van der Waals surface area contributed by atoms with Crippen molar-refractivity contribution in [2.75, 3.05) is 0 Å². The minimum absolute atomic E-state index is 0.748. The Labute approximate surface area is 74.8 Å². The Bertz CT molecular complexity index is 52.9. The van der Waals surface area contributed by atoms with Crippen LogP contribution >= 0.6 is 0 Å². The van der Waals surface area contributed by atoms with E-state index in [0.29, 0.717) is 0 Å². The Morgan fingerprint density at radius 1 is 1.33 bits per heavy atom. The molecule has 0 aromatic carbocycles. The van der Waals surface area contributed by atoms with Gasteiger partial charge in [0.25, 0.3) is 0 Å². The molecule has 0 aliphatic heterocycles. The molecular weight excluding hydrogens is 242 g/mol. The average molecular weight is 257 g/mol. The molecule has 0 N–H and O–H groups in total. The van der Waals surface area contributed by atoms with E-state index in [1.165, 1.54) is 25.7 Å². The van der Waals surface area contributed by atoms with E-state index in [4.69, 9.17) is 0 Å². The molecule has 55 valence electrons. The van der Waals surface area contributed by atoms with Crippen LogP contribution in [0.3, 0.4) is 0 Å². The molecular formula is C7H15Se2. The van der Waals surface area contributed by atoms with Crippen molar-refractivity contribution in [1.82, 2.24) is 0 Å². The molecule has 0 aromatic rings. The molecule has 0 unspecified atom stereocenters. The monoisotopic (exact) mass is 259 g/mol. The number of rotatable bonds is 5. The van der Waals surface area contributed by atoms with Crippen LogP contribution in [0.1, 0.15) is 32.6 Å². The van der Waals surface area contributed by atoms with Gasteiger partial charge in [-0.15, -0.1) is 0 Å². The first kappa shape index (κ1) is 10.0. The van der Waals surface area contributed by atoms with Gasteiger partial charge in [0.2, 0.25) is 0 Å². The van der Waals surface area contributed by atoms with E-state index in [2.05, 4.69) is 45.4 Å². The quantitative estimate of drug-likeness (QED) is 0.514. The van der Waals surface area contributed by atoms with Crippen LogP contribution < -0.4 is 0 Å². The predicted molar refractivity (Wildman–Crippen MR) is 46.5 cm³/mol. The molecule has 0 rings (SSSR count). The molecule has 0 fully saturated rings. The summed E-state index contributed by atoms with van der Waals surface area (Å²) in [7, 11) is 0. The maximum absolute atomic E-state index is 2.66. The molecule has 0 heterocycles. The van der Waals surface area contributed by atoms with E-state index in [0.717, 1.165) is 3.71 Å². The van der Waals surface area contributed by atoms with Gasteiger partial charge in [-0.05, 0) is 0 Å². The second-order valence-corrected chi connectivity index (χ2v) is 6.67. The van der Waals surface area contributed by atoms with Crippen molar-refractivity contribution in [2.24, 2.45) is 0 Å². The summed E-state index contributed by atoms with van der Waals surface area (Å²) in [6, 6.07) is 0. The molecule has 0 saturated carbocycles. The van der Waals surface area contributed by atoms with Gasteiger partial charge in [-0.25, -0.2) is 0 Å². The summed E-state index contributed by atoms with van der Waals surface area (Å²) in [5, 5.41) is 0. The molecule has 1 radical (unpaired) electrons. The van der Waals surface area contributed by atoms with Crippen LogP contribution in [0.15, 0.2) is 0 Å². The molecule has 0 spiro atoms. The molecule has 2 heteroatoms. The molecule has 0 nitrogen and oxygen atoms in total. The Balaban J connectivity index is 2.75. The summed E-state index contributed by atoms with van der Waals surface area (Å²) in [4.78, 5) is 0. The number of hydrogen-bond donors (Lipinski definition) is 0. The Hall–Kier alpha value is 1.04. The van der Waals surface area contributed by atoms with Crippen molar-refractivity contribution in [1.29, 1.82) is 0 Å². The molecule has 0 saturated heterocycles. The van der Waals surface area contributed by atoms with Crippen molar-refractivity contribution < 1.29 is 0 Å². The van der Waals surface area contributed by atoms with Gasteiger partial charge in [0.05, 0.1) is 0 Å². The fourth-order valence-electron chi connectivity index (χ4n) is 0.615. The fraction of sp³-hybridized carbons (Fsp3) is 0.857. The van der Waals surface area contributed by atoms with Crippen molar-refractivity contribution in [3.8, 4) is 0 Å². The zero-order chi connectivity index (χ0) is 7.11. The Morgan fingerprint density at radius 3 is 2.44 bits per heavy atom. The van der Waals surface area contributed by atoms with Crippen LogP contribution in [0.25, 0.3) is 0 Å². The van der Waals surface area contributed by atoms with E-state index in [1.807, 2.05) is 0 Å². The van der Waals surface area contributed by atoms with E-state index in [1.54, 1.807) is 0 Å². The van der Waals surface area contributed by atoms with E-state index < -0.39 is 0 Å². The van der Waals surface area contributed by atoms with Crippen LogP contribution in [0, 0.1) is 6.42 Å². The van der Waals surface area contributed by atoms with Crippen LogP contribution in [0.2, 0.25) is 3.71 Å². The molecule has 9 heavy (non-hydrogen) atoms. The number of hydrogen-bond acceptors (Lipinski definition) is 0. The fourth-order valence-corrected chi connectivity index (χ4v) is 1.24. The van der Waals surface area contributed by atoms with Crippen molar-refractivity contribution >= 4 is 32.0 Å². The molecule has 0 bridgehead atoms. The second-order valence-electron chi connectivity index (χ2n) is 2.14. The van der Waals surface area contributed by atoms with Gasteiger partial charge in [-0.3, -0.25) is 0 Å². The van der Waals surface area contributed by atoms with E-state index >= 15 is 0 Å². The first-order valence-corrected chi connectivity index (χ1v) is 5.62. The van der Waals surface area contributed by atoms with E-state index in [-0.39, 0.29) is 0 Å². The first-order chi connectivity index (χ1) is 4.27. The van der Waals surface area contributed by atoms with Crippen LogP contribution in [-0.2, 0) is 0 Å². The Morgan fingerprint density at radius 2 is 2.00 bits per heavy atom. The van der Waals surface area contributed by atoms with Gasteiger partial charge in [-0.1, -0.05) is 0 Å². The third-order valence-corrected chi connectivity index (χ3v) is 2.21. The average Bonchev–Trinajstić information content (AvgIpc) is 1.80. The van der Waals surface area contributed by atoms with Gasteiger partial charge >= 0.3 is 74.8 Å². The zero-order valence-electron chi connectivity index (χ0n) is 5.88. The van der Waals surface area contributed by atoms with Crippen molar-refractivity contribution in [3.63, 3.8) is 0 Å². The SMILES string of the molecule is CCC[CH]CCC([SeH])[SeH]. The van der Waals surface area contributed by atoms with Crippen LogP contribution in [0.4, 0.5) is 0 Å². The maximum atomic E-state index is 2.66. The Kier molecular flexibility index (Phi) is 7.97. The molecule has 0 amide bonds. The van der Waals surface area contributed by atoms with Gasteiger partial charge in [0, 0.05) is 0 Å². The summed E-state index contributed by atoms with van der Waals surface area (Å²) >= 11 is 5.32. The van der Waals surface area contributed by atoms with Gasteiger partial charge in [0.15, 0.2) is 0 Å².